The third-order valence-corrected chi connectivity index (χ3v) is 3.46. The number of aromatic nitrogens is 1. The van der Waals surface area contributed by atoms with Crippen molar-refractivity contribution in [2.75, 3.05) is 0 Å². The molecule has 1 heterocycles. The Morgan fingerprint density at radius 2 is 1.63 bits per heavy atom. The van der Waals surface area contributed by atoms with Gasteiger partial charge in [-0.25, -0.2) is 4.98 Å². The first-order chi connectivity index (χ1) is 9.16. The van der Waals surface area contributed by atoms with Crippen molar-refractivity contribution in [2.24, 2.45) is 0 Å². The Bertz CT molecular complexity index is 745. The van der Waals surface area contributed by atoms with Crippen LogP contribution in [0.15, 0.2) is 48.7 Å². The molecule has 0 fully saturated rings. The molecule has 19 heavy (non-hydrogen) atoms. The van der Waals surface area contributed by atoms with E-state index in [1.165, 1.54) is 28.0 Å². The van der Waals surface area contributed by atoms with Crippen LogP contribution in [0, 0.1) is 19.8 Å². The molecule has 0 unspecified atom stereocenters. The molecule has 2 aromatic carbocycles. The predicted molar refractivity (Wildman–Crippen MR) is 76.6 cm³/mol. The van der Waals surface area contributed by atoms with Gasteiger partial charge in [0.1, 0.15) is 0 Å². The van der Waals surface area contributed by atoms with E-state index >= 15 is 0 Å². The van der Waals surface area contributed by atoms with Crippen molar-refractivity contribution in [3.8, 4) is 11.1 Å². The molecule has 0 aliphatic rings. The number of halogens is 1. The molecule has 1 nitrogen and oxygen atoms in total. The maximum atomic E-state index is 13.0. The lowest BCUT2D eigenvalue weighted by Crippen LogP contribution is -1.91. The summed E-state index contributed by atoms with van der Waals surface area (Å²) >= 11 is 0. The highest BCUT2D eigenvalue weighted by Gasteiger charge is 2.09. The maximum Gasteiger partial charge on any atom is 0.212 e. The first-order valence-electron chi connectivity index (χ1n) is 6.27. The summed E-state index contributed by atoms with van der Waals surface area (Å²) in [7, 11) is 0. The van der Waals surface area contributed by atoms with E-state index in [1.807, 2.05) is 12.1 Å². The average Bonchev–Trinajstić information content (AvgIpc) is 2.41. The van der Waals surface area contributed by atoms with E-state index in [0.717, 1.165) is 11.1 Å². The molecule has 0 spiro atoms. The zero-order chi connectivity index (χ0) is 13.4. The number of hydrogen-bond acceptors (Lipinski definition) is 1. The predicted octanol–water partition coefficient (Wildman–Crippen LogP) is 4.66. The van der Waals surface area contributed by atoms with Crippen LogP contribution in [-0.4, -0.2) is 4.98 Å². The average molecular weight is 251 g/mol. The number of hydrogen-bond donors (Lipinski definition) is 0. The summed E-state index contributed by atoms with van der Waals surface area (Å²) in [6.07, 6.45) is 1.60. The van der Waals surface area contributed by atoms with Gasteiger partial charge in [0.2, 0.25) is 5.95 Å². The molecule has 0 atom stereocenters. The Kier molecular flexibility index (Phi) is 2.79. The van der Waals surface area contributed by atoms with Crippen molar-refractivity contribution >= 4 is 10.8 Å². The number of benzene rings is 2. The van der Waals surface area contributed by atoms with Crippen LogP contribution in [0.25, 0.3) is 21.9 Å². The second-order valence-electron chi connectivity index (χ2n) is 4.80. The summed E-state index contributed by atoms with van der Waals surface area (Å²) in [4.78, 5) is 3.76. The molecular weight excluding hydrogens is 237 g/mol. The number of aryl methyl sites for hydroxylation is 2. The Labute approximate surface area is 111 Å². The van der Waals surface area contributed by atoms with E-state index < -0.39 is 5.95 Å². The standard InChI is InChI=1S/C17H14FN/c1-11-9-12(2)17(13-7-8-16(18)19-10-13)15-6-4-3-5-14(11)15/h3-10H,1-2H3. The van der Waals surface area contributed by atoms with Crippen LogP contribution in [0.2, 0.25) is 0 Å². The highest BCUT2D eigenvalue weighted by Crippen LogP contribution is 2.33. The molecule has 3 rings (SSSR count). The molecule has 0 radical (unpaired) electrons. The van der Waals surface area contributed by atoms with Gasteiger partial charge >= 0.3 is 0 Å². The van der Waals surface area contributed by atoms with E-state index in [1.54, 1.807) is 12.3 Å². The van der Waals surface area contributed by atoms with Gasteiger partial charge in [0.15, 0.2) is 0 Å². The van der Waals surface area contributed by atoms with Gasteiger partial charge in [0.25, 0.3) is 0 Å². The zero-order valence-electron chi connectivity index (χ0n) is 10.9. The Balaban J connectivity index is 2.37. The van der Waals surface area contributed by atoms with E-state index in [0.29, 0.717) is 0 Å². The van der Waals surface area contributed by atoms with Crippen molar-refractivity contribution in [3.63, 3.8) is 0 Å². The highest BCUT2D eigenvalue weighted by molar-refractivity contribution is 5.99. The molecule has 0 saturated heterocycles. The minimum absolute atomic E-state index is 0.446. The van der Waals surface area contributed by atoms with E-state index in [-0.39, 0.29) is 0 Å². The third kappa shape index (κ3) is 1.99. The molecule has 2 heteroatoms. The van der Waals surface area contributed by atoms with Crippen molar-refractivity contribution in [2.45, 2.75) is 13.8 Å². The molecule has 0 aliphatic heterocycles. The largest absolute Gasteiger partial charge is 0.228 e. The number of nitrogens with zero attached hydrogens (tertiary/aromatic N) is 1. The second kappa shape index (κ2) is 4.47. The fourth-order valence-corrected chi connectivity index (χ4v) is 2.64. The molecule has 0 saturated carbocycles. The minimum atomic E-state index is -0.446. The Hall–Kier alpha value is -2.22. The van der Waals surface area contributed by atoms with Crippen molar-refractivity contribution in [1.82, 2.24) is 4.98 Å². The smallest absolute Gasteiger partial charge is 0.212 e. The van der Waals surface area contributed by atoms with Gasteiger partial charge in [-0.1, -0.05) is 30.3 Å². The quantitative estimate of drug-likeness (QED) is 0.573. The molecule has 0 N–H and O–H groups in total. The minimum Gasteiger partial charge on any atom is -0.228 e. The van der Waals surface area contributed by atoms with Crippen LogP contribution in [-0.2, 0) is 0 Å². The van der Waals surface area contributed by atoms with Gasteiger partial charge in [-0.3, -0.25) is 0 Å². The topological polar surface area (TPSA) is 12.9 Å². The monoisotopic (exact) mass is 251 g/mol. The first-order valence-corrected chi connectivity index (χ1v) is 6.27. The van der Waals surface area contributed by atoms with Gasteiger partial charge in [-0.05, 0) is 53.4 Å². The summed E-state index contributed by atoms with van der Waals surface area (Å²) < 4.78 is 13.0. The lowest BCUT2D eigenvalue weighted by Gasteiger charge is -2.12. The Morgan fingerprint density at radius 3 is 2.32 bits per heavy atom. The van der Waals surface area contributed by atoms with Gasteiger partial charge in [-0.15, -0.1) is 0 Å². The summed E-state index contributed by atoms with van der Waals surface area (Å²) in [5.74, 6) is -0.446. The van der Waals surface area contributed by atoms with Crippen molar-refractivity contribution in [1.29, 1.82) is 0 Å². The van der Waals surface area contributed by atoms with Crippen LogP contribution in [0.3, 0.4) is 0 Å². The summed E-state index contributed by atoms with van der Waals surface area (Å²) in [5, 5.41) is 2.42. The highest BCUT2D eigenvalue weighted by atomic mass is 19.1. The van der Waals surface area contributed by atoms with Gasteiger partial charge in [0.05, 0.1) is 0 Å². The Morgan fingerprint density at radius 1 is 0.895 bits per heavy atom. The van der Waals surface area contributed by atoms with Crippen LogP contribution in [0.5, 0.6) is 0 Å². The van der Waals surface area contributed by atoms with Gasteiger partial charge < -0.3 is 0 Å². The third-order valence-electron chi connectivity index (χ3n) is 3.46. The summed E-state index contributed by atoms with van der Waals surface area (Å²) in [6.45, 7) is 4.19. The number of fused-ring (bicyclic) bond motifs is 1. The normalized spacial score (nSPS) is 10.9. The molecule has 0 bridgehead atoms. The van der Waals surface area contributed by atoms with Gasteiger partial charge in [-0.2, -0.15) is 4.39 Å². The summed E-state index contributed by atoms with van der Waals surface area (Å²) in [6, 6.07) is 13.6. The fraction of sp³-hybridized carbons (Fsp3) is 0.118. The van der Waals surface area contributed by atoms with E-state index in [9.17, 15) is 4.39 Å². The lowest BCUT2D eigenvalue weighted by molar-refractivity contribution is 0.584. The SMILES string of the molecule is Cc1cc(C)c2ccccc2c1-c1ccc(F)nc1. The molecular formula is C17H14FN. The van der Waals surface area contributed by atoms with Crippen LogP contribution in [0.4, 0.5) is 4.39 Å². The van der Waals surface area contributed by atoms with Crippen molar-refractivity contribution < 1.29 is 4.39 Å². The lowest BCUT2D eigenvalue weighted by atomic mass is 9.92. The second-order valence-corrected chi connectivity index (χ2v) is 4.80. The van der Waals surface area contributed by atoms with E-state index in [2.05, 4.69) is 37.0 Å². The molecule has 0 amide bonds. The van der Waals surface area contributed by atoms with Crippen LogP contribution >= 0.6 is 0 Å². The van der Waals surface area contributed by atoms with Crippen LogP contribution < -0.4 is 0 Å². The van der Waals surface area contributed by atoms with Crippen molar-refractivity contribution in [3.05, 3.63) is 65.7 Å². The molecule has 3 aromatic rings. The number of pyridine rings is 1. The molecule has 94 valence electrons. The van der Waals surface area contributed by atoms with Crippen LogP contribution in [0.1, 0.15) is 11.1 Å². The number of rotatable bonds is 1. The molecule has 1 aromatic heterocycles. The summed E-state index contributed by atoms with van der Waals surface area (Å²) in [5.41, 5.74) is 4.53. The first kappa shape index (κ1) is 11.8. The maximum absolute atomic E-state index is 13.0. The van der Waals surface area contributed by atoms with E-state index in [4.69, 9.17) is 0 Å². The molecule has 0 aliphatic carbocycles. The fourth-order valence-electron chi connectivity index (χ4n) is 2.64. The van der Waals surface area contributed by atoms with Gasteiger partial charge in [0, 0.05) is 11.8 Å². The zero-order valence-corrected chi connectivity index (χ0v) is 10.9.